The van der Waals surface area contributed by atoms with Crippen LogP contribution in [0.2, 0.25) is 0 Å². The van der Waals surface area contributed by atoms with Crippen LogP contribution in [0.5, 0.6) is 17.2 Å². The number of hydrogen-bond donors (Lipinski definition) is 0. The van der Waals surface area contributed by atoms with Crippen LogP contribution in [0.25, 0.3) is 0 Å². The van der Waals surface area contributed by atoms with Gasteiger partial charge in [-0.05, 0) is 25.1 Å². The van der Waals surface area contributed by atoms with Gasteiger partial charge in [0.2, 0.25) is 5.75 Å². The summed E-state index contributed by atoms with van der Waals surface area (Å²) < 4.78 is 20.9. The number of rotatable bonds is 5. The SMILES string of the molecule is COc1ccc(C(=O)c2ccoc2C)c(OC)c1OC. The van der Waals surface area contributed by atoms with Gasteiger partial charge < -0.3 is 18.6 Å². The minimum absolute atomic E-state index is 0.186. The Morgan fingerprint density at radius 2 is 1.65 bits per heavy atom. The lowest BCUT2D eigenvalue weighted by Gasteiger charge is -2.14. The molecule has 5 heteroatoms. The van der Waals surface area contributed by atoms with E-state index in [1.54, 1.807) is 25.1 Å². The zero-order valence-electron chi connectivity index (χ0n) is 11.9. The summed E-state index contributed by atoms with van der Waals surface area (Å²) in [7, 11) is 4.51. The molecule has 0 radical (unpaired) electrons. The fraction of sp³-hybridized carbons (Fsp3) is 0.267. The van der Waals surface area contributed by atoms with E-state index in [-0.39, 0.29) is 5.78 Å². The van der Waals surface area contributed by atoms with E-state index in [0.29, 0.717) is 34.1 Å². The molecule has 2 rings (SSSR count). The summed E-state index contributed by atoms with van der Waals surface area (Å²) in [5.74, 6) is 1.62. The number of carbonyl (C=O) groups excluding carboxylic acids is 1. The van der Waals surface area contributed by atoms with Crippen LogP contribution in [0.3, 0.4) is 0 Å². The summed E-state index contributed by atoms with van der Waals surface area (Å²) in [5, 5.41) is 0. The lowest BCUT2D eigenvalue weighted by molar-refractivity contribution is 0.103. The number of benzene rings is 1. The van der Waals surface area contributed by atoms with Crippen LogP contribution in [0.15, 0.2) is 28.9 Å². The second-order valence-electron chi connectivity index (χ2n) is 4.10. The molecule has 0 aliphatic rings. The Kier molecular flexibility index (Phi) is 3.98. The predicted octanol–water partition coefficient (Wildman–Crippen LogP) is 2.84. The summed E-state index contributed by atoms with van der Waals surface area (Å²) in [6.45, 7) is 1.74. The maximum absolute atomic E-state index is 12.5. The Bertz CT molecular complexity index is 627. The number of hydrogen-bond acceptors (Lipinski definition) is 5. The van der Waals surface area contributed by atoms with Gasteiger partial charge in [0.25, 0.3) is 0 Å². The first-order valence-corrected chi connectivity index (χ1v) is 6.01. The summed E-state index contributed by atoms with van der Waals surface area (Å²) in [6, 6.07) is 4.95. The number of carbonyl (C=O) groups is 1. The first-order valence-electron chi connectivity index (χ1n) is 6.01. The molecule has 106 valence electrons. The third-order valence-corrected chi connectivity index (χ3v) is 3.05. The molecule has 0 unspecified atom stereocenters. The first-order chi connectivity index (χ1) is 9.63. The molecule has 0 amide bonds. The maximum atomic E-state index is 12.5. The van der Waals surface area contributed by atoms with Crippen molar-refractivity contribution in [2.45, 2.75) is 6.92 Å². The van der Waals surface area contributed by atoms with Crippen LogP contribution < -0.4 is 14.2 Å². The van der Waals surface area contributed by atoms with Crippen molar-refractivity contribution < 1.29 is 23.4 Å². The number of ether oxygens (including phenoxy) is 3. The molecule has 0 fully saturated rings. The van der Waals surface area contributed by atoms with Gasteiger partial charge in [-0.1, -0.05) is 0 Å². The highest BCUT2D eigenvalue weighted by Crippen LogP contribution is 2.40. The zero-order valence-corrected chi connectivity index (χ0v) is 11.9. The Balaban J connectivity index is 2.57. The second-order valence-corrected chi connectivity index (χ2v) is 4.10. The van der Waals surface area contributed by atoms with Crippen LogP contribution in [0, 0.1) is 6.92 Å². The van der Waals surface area contributed by atoms with Crippen LogP contribution in [-0.2, 0) is 0 Å². The molecule has 0 aliphatic carbocycles. The fourth-order valence-corrected chi connectivity index (χ4v) is 2.05. The van der Waals surface area contributed by atoms with Crippen molar-refractivity contribution in [2.24, 2.45) is 0 Å². The number of furan rings is 1. The monoisotopic (exact) mass is 276 g/mol. The highest BCUT2D eigenvalue weighted by atomic mass is 16.5. The van der Waals surface area contributed by atoms with E-state index in [9.17, 15) is 4.79 Å². The number of methoxy groups -OCH3 is 3. The third kappa shape index (κ3) is 2.22. The van der Waals surface area contributed by atoms with Gasteiger partial charge in [-0.3, -0.25) is 4.79 Å². The minimum atomic E-state index is -0.186. The molecular formula is C15H16O5. The molecule has 1 aromatic carbocycles. The Morgan fingerprint density at radius 1 is 0.950 bits per heavy atom. The summed E-state index contributed by atoms with van der Waals surface area (Å²) in [4.78, 5) is 12.5. The minimum Gasteiger partial charge on any atom is -0.493 e. The maximum Gasteiger partial charge on any atom is 0.204 e. The summed E-state index contributed by atoms with van der Waals surface area (Å²) in [5.41, 5.74) is 0.894. The van der Waals surface area contributed by atoms with Crippen LogP contribution in [0.4, 0.5) is 0 Å². The largest absolute Gasteiger partial charge is 0.493 e. The average Bonchev–Trinajstić information content (AvgIpc) is 2.90. The molecular weight excluding hydrogens is 260 g/mol. The highest BCUT2D eigenvalue weighted by Gasteiger charge is 2.23. The molecule has 0 saturated carbocycles. The number of ketones is 1. The molecule has 0 spiro atoms. The van der Waals surface area contributed by atoms with Gasteiger partial charge in [-0.15, -0.1) is 0 Å². The molecule has 0 aliphatic heterocycles. The standard InChI is InChI=1S/C15H16O5/c1-9-10(7-8-20-9)13(16)11-5-6-12(17-2)15(19-4)14(11)18-3/h5-8H,1-4H3. The predicted molar refractivity (Wildman–Crippen MR) is 73.0 cm³/mol. The normalized spacial score (nSPS) is 10.2. The molecule has 20 heavy (non-hydrogen) atoms. The van der Waals surface area contributed by atoms with E-state index in [1.807, 2.05) is 0 Å². The Hall–Kier alpha value is -2.43. The molecule has 5 nitrogen and oxygen atoms in total. The van der Waals surface area contributed by atoms with Gasteiger partial charge in [0.15, 0.2) is 17.3 Å². The quantitative estimate of drug-likeness (QED) is 0.786. The highest BCUT2D eigenvalue weighted by molar-refractivity contribution is 6.11. The molecule has 0 bridgehead atoms. The van der Waals surface area contributed by atoms with Gasteiger partial charge >= 0.3 is 0 Å². The van der Waals surface area contributed by atoms with Gasteiger partial charge in [-0.25, -0.2) is 0 Å². The van der Waals surface area contributed by atoms with Gasteiger partial charge in [-0.2, -0.15) is 0 Å². The van der Waals surface area contributed by atoms with E-state index in [4.69, 9.17) is 18.6 Å². The van der Waals surface area contributed by atoms with E-state index < -0.39 is 0 Å². The molecule has 0 N–H and O–H groups in total. The lowest BCUT2D eigenvalue weighted by Crippen LogP contribution is -2.06. The lowest BCUT2D eigenvalue weighted by atomic mass is 10.0. The second kappa shape index (κ2) is 5.69. The van der Waals surface area contributed by atoms with Crippen molar-refractivity contribution in [3.63, 3.8) is 0 Å². The van der Waals surface area contributed by atoms with Crippen molar-refractivity contribution in [1.29, 1.82) is 0 Å². The van der Waals surface area contributed by atoms with Gasteiger partial charge in [0.05, 0.1) is 38.7 Å². The van der Waals surface area contributed by atoms with E-state index >= 15 is 0 Å². The molecule has 0 atom stereocenters. The summed E-state index contributed by atoms with van der Waals surface area (Å²) in [6.07, 6.45) is 1.48. The molecule has 1 aromatic heterocycles. The Labute approximate surface area is 117 Å². The zero-order chi connectivity index (χ0) is 14.7. The average molecular weight is 276 g/mol. The van der Waals surface area contributed by atoms with E-state index in [0.717, 1.165) is 0 Å². The van der Waals surface area contributed by atoms with Crippen LogP contribution >= 0.6 is 0 Å². The van der Waals surface area contributed by atoms with E-state index in [2.05, 4.69) is 0 Å². The van der Waals surface area contributed by atoms with Gasteiger partial charge in [0.1, 0.15) is 5.76 Å². The molecule has 1 heterocycles. The molecule has 2 aromatic rings. The van der Waals surface area contributed by atoms with Crippen molar-refractivity contribution >= 4 is 5.78 Å². The first kappa shape index (κ1) is 14.0. The van der Waals surface area contributed by atoms with Crippen molar-refractivity contribution in [2.75, 3.05) is 21.3 Å². The fourth-order valence-electron chi connectivity index (χ4n) is 2.05. The van der Waals surface area contributed by atoms with Crippen molar-refractivity contribution in [3.05, 3.63) is 41.3 Å². The number of aryl methyl sites for hydroxylation is 1. The third-order valence-electron chi connectivity index (χ3n) is 3.05. The Morgan fingerprint density at radius 3 is 2.15 bits per heavy atom. The van der Waals surface area contributed by atoms with Crippen molar-refractivity contribution in [1.82, 2.24) is 0 Å². The van der Waals surface area contributed by atoms with Crippen molar-refractivity contribution in [3.8, 4) is 17.2 Å². The smallest absolute Gasteiger partial charge is 0.204 e. The summed E-state index contributed by atoms with van der Waals surface area (Å²) >= 11 is 0. The topological polar surface area (TPSA) is 57.9 Å². The van der Waals surface area contributed by atoms with Gasteiger partial charge in [0, 0.05) is 0 Å². The van der Waals surface area contributed by atoms with E-state index in [1.165, 1.54) is 27.6 Å². The van der Waals surface area contributed by atoms with Crippen LogP contribution in [0.1, 0.15) is 21.7 Å². The van der Waals surface area contributed by atoms with Crippen LogP contribution in [-0.4, -0.2) is 27.1 Å². The molecule has 0 saturated heterocycles.